The van der Waals surface area contributed by atoms with E-state index in [0.717, 1.165) is 24.8 Å². The zero-order chi connectivity index (χ0) is 16.8. The molecule has 2 saturated carbocycles. The standard InChI is InChI=1S/C19H33N3O2/c23-18(9-8-16-4-2-1-3-5-16)21-10-12-22(13-11-21)19(24)15-20-14-17-6-7-17/h16-17,20H,1-15H2. The molecule has 1 aliphatic heterocycles. The fourth-order valence-corrected chi connectivity index (χ4v) is 3.98. The van der Waals surface area contributed by atoms with E-state index in [1.807, 2.05) is 9.80 Å². The Labute approximate surface area is 146 Å². The highest BCUT2D eigenvalue weighted by atomic mass is 16.2. The lowest BCUT2D eigenvalue weighted by Gasteiger charge is -2.35. The second kappa shape index (κ2) is 8.84. The second-order valence-electron chi connectivity index (χ2n) is 7.88. The molecule has 0 unspecified atom stereocenters. The van der Waals surface area contributed by atoms with E-state index in [-0.39, 0.29) is 5.91 Å². The summed E-state index contributed by atoms with van der Waals surface area (Å²) in [5.74, 6) is 2.05. The number of hydrogen-bond acceptors (Lipinski definition) is 3. The van der Waals surface area contributed by atoms with E-state index in [1.54, 1.807) is 0 Å². The average Bonchev–Trinajstić information content (AvgIpc) is 3.45. The van der Waals surface area contributed by atoms with Crippen LogP contribution in [0, 0.1) is 11.8 Å². The topological polar surface area (TPSA) is 52.7 Å². The van der Waals surface area contributed by atoms with Gasteiger partial charge in [0.15, 0.2) is 0 Å². The molecule has 5 heteroatoms. The maximum Gasteiger partial charge on any atom is 0.236 e. The monoisotopic (exact) mass is 335 g/mol. The minimum absolute atomic E-state index is 0.185. The summed E-state index contributed by atoms with van der Waals surface area (Å²) in [6.45, 7) is 4.23. The minimum Gasteiger partial charge on any atom is -0.339 e. The van der Waals surface area contributed by atoms with Crippen molar-refractivity contribution in [3.63, 3.8) is 0 Å². The molecule has 0 bridgehead atoms. The van der Waals surface area contributed by atoms with Crippen LogP contribution in [0.1, 0.15) is 57.8 Å². The van der Waals surface area contributed by atoms with Gasteiger partial charge in [-0.25, -0.2) is 0 Å². The van der Waals surface area contributed by atoms with Crippen LogP contribution in [-0.4, -0.2) is 60.9 Å². The number of amides is 2. The van der Waals surface area contributed by atoms with Crippen LogP contribution in [0.4, 0.5) is 0 Å². The Balaban J connectivity index is 1.30. The number of piperazine rings is 1. The molecular weight excluding hydrogens is 302 g/mol. The Hall–Kier alpha value is -1.10. The fourth-order valence-electron chi connectivity index (χ4n) is 3.98. The fraction of sp³-hybridized carbons (Fsp3) is 0.895. The average molecular weight is 335 g/mol. The Kier molecular flexibility index (Phi) is 6.52. The molecule has 5 nitrogen and oxygen atoms in total. The van der Waals surface area contributed by atoms with Gasteiger partial charge >= 0.3 is 0 Å². The molecular formula is C19H33N3O2. The number of hydrogen-bond donors (Lipinski definition) is 1. The zero-order valence-corrected chi connectivity index (χ0v) is 15.0. The van der Waals surface area contributed by atoms with Crippen molar-refractivity contribution in [2.24, 2.45) is 11.8 Å². The molecule has 3 rings (SSSR count). The summed E-state index contributed by atoms with van der Waals surface area (Å²) in [5, 5.41) is 3.26. The molecule has 0 aromatic rings. The first-order chi connectivity index (χ1) is 11.7. The van der Waals surface area contributed by atoms with Gasteiger partial charge in [0.25, 0.3) is 0 Å². The third-order valence-corrected chi connectivity index (χ3v) is 5.88. The number of rotatable bonds is 7. The summed E-state index contributed by atoms with van der Waals surface area (Å²) in [6, 6.07) is 0. The molecule has 0 aromatic carbocycles. The number of nitrogens with zero attached hydrogens (tertiary/aromatic N) is 2. The molecule has 136 valence electrons. The molecule has 3 aliphatic rings. The quantitative estimate of drug-likeness (QED) is 0.774. The van der Waals surface area contributed by atoms with Gasteiger partial charge in [-0.05, 0) is 37.6 Å². The molecule has 0 spiro atoms. The van der Waals surface area contributed by atoms with Gasteiger partial charge in [-0.1, -0.05) is 32.1 Å². The highest BCUT2D eigenvalue weighted by molar-refractivity contribution is 5.79. The summed E-state index contributed by atoms with van der Waals surface area (Å²) < 4.78 is 0. The number of nitrogens with one attached hydrogen (secondary N) is 1. The third-order valence-electron chi connectivity index (χ3n) is 5.88. The predicted octanol–water partition coefficient (Wildman–Crippen LogP) is 2.02. The third kappa shape index (κ3) is 5.47. The van der Waals surface area contributed by atoms with Crippen LogP contribution >= 0.6 is 0 Å². The summed E-state index contributed by atoms with van der Waals surface area (Å²) in [5.41, 5.74) is 0. The van der Waals surface area contributed by atoms with Crippen molar-refractivity contribution in [1.29, 1.82) is 0 Å². The van der Waals surface area contributed by atoms with Crippen molar-refractivity contribution >= 4 is 11.8 Å². The lowest BCUT2D eigenvalue weighted by molar-refractivity contribution is -0.139. The largest absolute Gasteiger partial charge is 0.339 e. The molecule has 1 saturated heterocycles. The van der Waals surface area contributed by atoms with Gasteiger partial charge in [0.1, 0.15) is 0 Å². The molecule has 0 radical (unpaired) electrons. The predicted molar refractivity (Wildman–Crippen MR) is 94.6 cm³/mol. The van der Waals surface area contributed by atoms with E-state index in [9.17, 15) is 9.59 Å². The van der Waals surface area contributed by atoms with Gasteiger partial charge in [-0.15, -0.1) is 0 Å². The van der Waals surface area contributed by atoms with Crippen molar-refractivity contribution in [2.75, 3.05) is 39.3 Å². The highest BCUT2D eigenvalue weighted by Crippen LogP contribution is 2.28. The van der Waals surface area contributed by atoms with Crippen LogP contribution in [0.3, 0.4) is 0 Å². The van der Waals surface area contributed by atoms with Crippen LogP contribution in [-0.2, 0) is 9.59 Å². The van der Waals surface area contributed by atoms with E-state index >= 15 is 0 Å². The Bertz CT molecular complexity index is 422. The van der Waals surface area contributed by atoms with Crippen molar-refractivity contribution in [1.82, 2.24) is 15.1 Å². The normalized spacial score (nSPS) is 22.7. The Morgan fingerprint density at radius 3 is 2.04 bits per heavy atom. The first-order valence-corrected chi connectivity index (χ1v) is 9.98. The van der Waals surface area contributed by atoms with Gasteiger partial charge in [-0.2, -0.15) is 0 Å². The smallest absolute Gasteiger partial charge is 0.236 e. The van der Waals surface area contributed by atoms with Crippen LogP contribution in [0.25, 0.3) is 0 Å². The number of carbonyl (C=O) groups is 2. The zero-order valence-electron chi connectivity index (χ0n) is 15.0. The highest BCUT2D eigenvalue weighted by Gasteiger charge is 2.25. The van der Waals surface area contributed by atoms with Gasteiger partial charge in [0, 0.05) is 32.6 Å². The SMILES string of the molecule is O=C(CCC1CCCCC1)N1CCN(C(=O)CNCC2CC2)CC1. The first-order valence-electron chi connectivity index (χ1n) is 9.98. The lowest BCUT2D eigenvalue weighted by Crippen LogP contribution is -2.52. The maximum absolute atomic E-state index is 12.4. The summed E-state index contributed by atoms with van der Waals surface area (Å²) in [7, 11) is 0. The molecule has 0 aromatic heterocycles. The van der Waals surface area contributed by atoms with E-state index in [0.29, 0.717) is 45.1 Å². The van der Waals surface area contributed by atoms with Crippen LogP contribution in [0.2, 0.25) is 0 Å². The van der Waals surface area contributed by atoms with E-state index < -0.39 is 0 Å². The molecule has 1 N–H and O–H groups in total. The first kappa shape index (κ1) is 17.7. The van der Waals surface area contributed by atoms with Gasteiger partial charge in [0.2, 0.25) is 11.8 Å². The van der Waals surface area contributed by atoms with Crippen molar-refractivity contribution < 1.29 is 9.59 Å². The van der Waals surface area contributed by atoms with E-state index in [1.165, 1.54) is 44.9 Å². The lowest BCUT2D eigenvalue weighted by atomic mass is 9.86. The Morgan fingerprint density at radius 1 is 0.792 bits per heavy atom. The minimum atomic E-state index is 0.185. The van der Waals surface area contributed by atoms with Crippen LogP contribution < -0.4 is 5.32 Å². The summed E-state index contributed by atoms with van der Waals surface area (Å²) >= 11 is 0. The Morgan fingerprint density at radius 2 is 1.42 bits per heavy atom. The maximum atomic E-state index is 12.4. The van der Waals surface area contributed by atoms with Crippen LogP contribution in [0.5, 0.6) is 0 Å². The van der Waals surface area contributed by atoms with Crippen molar-refractivity contribution in [2.45, 2.75) is 57.8 Å². The van der Waals surface area contributed by atoms with Crippen molar-refractivity contribution in [3.05, 3.63) is 0 Å². The van der Waals surface area contributed by atoms with Crippen LogP contribution in [0.15, 0.2) is 0 Å². The van der Waals surface area contributed by atoms with Crippen molar-refractivity contribution in [3.8, 4) is 0 Å². The molecule has 24 heavy (non-hydrogen) atoms. The second-order valence-corrected chi connectivity index (χ2v) is 7.88. The molecule has 0 atom stereocenters. The van der Waals surface area contributed by atoms with Gasteiger partial charge < -0.3 is 15.1 Å². The summed E-state index contributed by atoms with van der Waals surface area (Å²) in [4.78, 5) is 28.4. The van der Waals surface area contributed by atoms with E-state index in [4.69, 9.17) is 0 Å². The molecule has 2 amide bonds. The van der Waals surface area contributed by atoms with E-state index in [2.05, 4.69) is 5.32 Å². The number of carbonyl (C=O) groups excluding carboxylic acids is 2. The molecule has 3 fully saturated rings. The van der Waals surface area contributed by atoms with Gasteiger partial charge in [0.05, 0.1) is 6.54 Å². The summed E-state index contributed by atoms with van der Waals surface area (Å²) in [6.07, 6.45) is 11.0. The molecule has 1 heterocycles. The molecule has 2 aliphatic carbocycles. The van der Waals surface area contributed by atoms with Gasteiger partial charge in [-0.3, -0.25) is 9.59 Å².